The number of hydrogen-bond donors (Lipinski definition) is 4. The molecule has 0 radical (unpaired) electrons. The van der Waals surface area contributed by atoms with Gasteiger partial charge in [0.1, 0.15) is 5.82 Å². The maximum Gasteiger partial charge on any atom is 0.338 e. The van der Waals surface area contributed by atoms with Crippen LogP contribution in [0.1, 0.15) is 23.2 Å². The Balaban J connectivity index is 2.14. The first-order valence-corrected chi connectivity index (χ1v) is 5.64. The summed E-state index contributed by atoms with van der Waals surface area (Å²) in [7, 11) is 0. The van der Waals surface area contributed by atoms with Gasteiger partial charge in [0.15, 0.2) is 0 Å². The minimum Gasteiger partial charge on any atom is -0.478 e. The van der Waals surface area contributed by atoms with E-state index >= 15 is 0 Å². The zero-order valence-electron chi connectivity index (χ0n) is 9.74. The van der Waals surface area contributed by atoms with E-state index in [-0.39, 0.29) is 17.7 Å². The molecule has 5 nitrogen and oxygen atoms in total. The number of nitrogens with two attached hydrogens (primary N) is 1. The van der Waals surface area contributed by atoms with Crippen LogP contribution < -0.4 is 11.1 Å². The van der Waals surface area contributed by atoms with Gasteiger partial charge in [0, 0.05) is 12.0 Å². The molecular formula is C12H15FN2O3. The quantitative estimate of drug-likeness (QED) is 0.594. The molecule has 0 atom stereocenters. The number of rotatable bonds is 5. The van der Waals surface area contributed by atoms with Gasteiger partial charge >= 0.3 is 5.97 Å². The fourth-order valence-corrected chi connectivity index (χ4v) is 1.76. The Morgan fingerprint density at radius 2 is 2.17 bits per heavy atom. The highest BCUT2D eigenvalue weighted by Crippen LogP contribution is 2.45. The first kappa shape index (κ1) is 12.6. The van der Waals surface area contributed by atoms with Crippen LogP contribution in [0.2, 0.25) is 0 Å². The van der Waals surface area contributed by atoms with Crippen molar-refractivity contribution in [3.8, 4) is 0 Å². The van der Waals surface area contributed by atoms with Gasteiger partial charge in [-0.15, -0.1) is 0 Å². The van der Waals surface area contributed by atoms with E-state index in [9.17, 15) is 9.18 Å². The molecule has 1 aliphatic rings. The molecule has 0 bridgehead atoms. The number of benzene rings is 1. The fraction of sp³-hybridized carbons (Fsp3) is 0.417. The number of aliphatic hydroxyl groups excluding tert-OH is 1. The Morgan fingerprint density at radius 1 is 1.50 bits per heavy atom. The lowest BCUT2D eigenvalue weighted by Gasteiger charge is -2.15. The third-order valence-corrected chi connectivity index (χ3v) is 3.32. The molecule has 1 aromatic carbocycles. The summed E-state index contributed by atoms with van der Waals surface area (Å²) in [5.74, 6) is -2.17. The molecule has 0 saturated heterocycles. The summed E-state index contributed by atoms with van der Waals surface area (Å²) < 4.78 is 13.5. The van der Waals surface area contributed by atoms with Gasteiger partial charge in [-0.2, -0.15) is 0 Å². The summed E-state index contributed by atoms with van der Waals surface area (Å²) in [4.78, 5) is 10.7. The molecule has 1 saturated carbocycles. The molecule has 6 heteroatoms. The zero-order chi connectivity index (χ0) is 13.3. The van der Waals surface area contributed by atoms with Crippen LogP contribution in [0.3, 0.4) is 0 Å². The predicted octanol–water partition coefficient (Wildman–Crippen LogP) is 1.29. The maximum absolute atomic E-state index is 13.5. The van der Waals surface area contributed by atoms with Crippen LogP contribution in [0.5, 0.6) is 0 Å². The summed E-state index contributed by atoms with van der Waals surface area (Å²) in [5, 5.41) is 20.8. The molecule has 0 spiro atoms. The normalized spacial score (nSPS) is 16.3. The van der Waals surface area contributed by atoms with Crippen LogP contribution in [0, 0.1) is 11.2 Å². The number of anilines is 2. The Bertz CT molecular complexity index is 486. The van der Waals surface area contributed by atoms with E-state index in [1.807, 2.05) is 0 Å². The van der Waals surface area contributed by atoms with Gasteiger partial charge in [-0.25, -0.2) is 9.18 Å². The predicted molar refractivity (Wildman–Crippen MR) is 65.0 cm³/mol. The second kappa shape index (κ2) is 4.45. The molecular weight excluding hydrogens is 239 g/mol. The second-order valence-corrected chi connectivity index (χ2v) is 4.74. The Kier molecular flexibility index (Phi) is 3.13. The van der Waals surface area contributed by atoms with Crippen molar-refractivity contribution in [3.63, 3.8) is 0 Å². The van der Waals surface area contributed by atoms with Gasteiger partial charge in [-0.05, 0) is 25.0 Å². The number of carboxylic acid groups (broad SMARTS) is 1. The Hall–Kier alpha value is -1.82. The lowest BCUT2D eigenvalue weighted by Crippen LogP contribution is -2.20. The van der Waals surface area contributed by atoms with Crippen LogP contribution in [-0.2, 0) is 0 Å². The highest BCUT2D eigenvalue weighted by Gasteiger charge is 2.41. The largest absolute Gasteiger partial charge is 0.478 e. The van der Waals surface area contributed by atoms with E-state index in [0.29, 0.717) is 12.2 Å². The van der Waals surface area contributed by atoms with Gasteiger partial charge < -0.3 is 21.3 Å². The molecule has 0 aliphatic heterocycles. The molecule has 1 aliphatic carbocycles. The van der Waals surface area contributed by atoms with E-state index in [1.165, 1.54) is 0 Å². The Labute approximate surface area is 103 Å². The van der Waals surface area contributed by atoms with Gasteiger partial charge in [-0.1, -0.05) is 0 Å². The molecule has 98 valence electrons. The molecule has 1 aromatic rings. The summed E-state index contributed by atoms with van der Waals surface area (Å²) >= 11 is 0. The van der Waals surface area contributed by atoms with E-state index < -0.39 is 17.3 Å². The van der Waals surface area contributed by atoms with E-state index in [4.69, 9.17) is 15.9 Å². The van der Waals surface area contributed by atoms with Crippen molar-refractivity contribution in [2.45, 2.75) is 12.8 Å². The average molecular weight is 254 g/mol. The van der Waals surface area contributed by atoms with Crippen molar-refractivity contribution >= 4 is 17.3 Å². The summed E-state index contributed by atoms with van der Waals surface area (Å²) in [5.41, 5.74) is 5.63. The number of carbonyl (C=O) groups is 1. The van der Waals surface area contributed by atoms with Crippen molar-refractivity contribution in [1.29, 1.82) is 0 Å². The fourth-order valence-electron chi connectivity index (χ4n) is 1.76. The number of nitrogens with one attached hydrogen (secondary N) is 1. The molecule has 18 heavy (non-hydrogen) atoms. The molecule has 5 N–H and O–H groups in total. The first-order valence-electron chi connectivity index (χ1n) is 5.64. The monoisotopic (exact) mass is 254 g/mol. The Morgan fingerprint density at radius 3 is 2.67 bits per heavy atom. The van der Waals surface area contributed by atoms with Crippen molar-refractivity contribution in [3.05, 3.63) is 23.5 Å². The van der Waals surface area contributed by atoms with Crippen LogP contribution in [0.4, 0.5) is 15.8 Å². The summed E-state index contributed by atoms with van der Waals surface area (Å²) in [6, 6.07) is 2.17. The van der Waals surface area contributed by atoms with E-state index in [2.05, 4.69) is 5.32 Å². The van der Waals surface area contributed by atoms with Crippen molar-refractivity contribution in [2.75, 3.05) is 24.2 Å². The first-order chi connectivity index (χ1) is 8.47. The average Bonchev–Trinajstić information content (AvgIpc) is 3.10. The number of aliphatic hydroxyl groups is 1. The van der Waals surface area contributed by atoms with Crippen molar-refractivity contribution < 1.29 is 19.4 Å². The minimum atomic E-state index is -1.35. The van der Waals surface area contributed by atoms with Gasteiger partial charge in [0.25, 0.3) is 0 Å². The molecule has 0 aromatic heterocycles. The number of nitrogen functional groups attached to an aromatic ring is 1. The zero-order valence-corrected chi connectivity index (χ0v) is 9.74. The highest BCUT2D eigenvalue weighted by atomic mass is 19.1. The molecule has 0 heterocycles. The van der Waals surface area contributed by atoms with Crippen molar-refractivity contribution in [2.24, 2.45) is 5.41 Å². The standard InChI is InChI=1S/C12H15FN2O3/c13-8-4-10(9(14)3-7(8)11(17)18)15-5-12(6-16)1-2-12/h3-4,15-16H,1-2,5-6,14H2,(H,17,18). The molecule has 1 fully saturated rings. The van der Waals surface area contributed by atoms with Crippen LogP contribution in [0.25, 0.3) is 0 Å². The van der Waals surface area contributed by atoms with Gasteiger partial charge in [0.2, 0.25) is 0 Å². The van der Waals surface area contributed by atoms with Crippen LogP contribution in [0.15, 0.2) is 12.1 Å². The minimum absolute atomic E-state index is 0.0790. The molecule has 0 unspecified atom stereocenters. The smallest absolute Gasteiger partial charge is 0.338 e. The number of hydrogen-bond acceptors (Lipinski definition) is 4. The molecule has 0 amide bonds. The lowest BCUT2D eigenvalue weighted by atomic mass is 10.1. The molecule has 2 rings (SSSR count). The van der Waals surface area contributed by atoms with Crippen molar-refractivity contribution in [1.82, 2.24) is 0 Å². The lowest BCUT2D eigenvalue weighted by molar-refractivity contribution is 0.0692. The number of carboxylic acids is 1. The summed E-state index contributed by atoms with van der Waals surface area (Å²) in [6.45, 7) is 0.579. The topological polar surface area (TPSA) is 95.6 Å². The van der Waals surface area contributed by atoms with Gasteiger partial charge in [0.05, 0.1) is 23.5 Å². The number of halogens is 1. The van der Waals surface area contributed by atoms with Gasteiger partial charge in [-0.3, -0.25) is 0 Å². The maximum atomic E-state index is 13.5. The highest BCUT2D eigenvalue weighted by molar-refractivity contribution is 5.90. The van der Waals surface area contributed by atoms with E-state index in [0.717, 1.165) is 25.0 Å². The number of aromatic carboxylic acids is 1. The van der Waals surface area contributed by atoms with Crippen LogP contribution in [-0.4, -0.2) is 29.3 Å². The SMILES string of the molecule is Nc1cc(C(=O)O)c(F)cc1NCC1(CO)CC1. The van der Waals surface area contributed by atoms with E-state index in [1.54, 1.807) is 0 Å². The second-order valence-electron chi connectivity index (χ2n) is 4.74. The summed E-state index contributed by atoms with van der Waals surface area (Å²) in [6.07, 6.45) is 1.85. The van der Waals surface area contributed by atoms with Crippen LogP contribution >= 0.6 is 0 Å². The third-order valence-electron chi connectivity index (χ3n) is 3.32. The third kappa shape index (κ3) is 2.38.